The van der Waals surface area contributed by atoms with Crippen molar-refractivity contribution >= 4 is 20.9 Å². The molecule has 0 saturated carbocycles. The molecule has 2 aromatic heterocycles. The lowest BCUT2D eigenvalue weighted by Gasteiger charge is -2.42. The fraction of sp³-hybridized carbons (Fsp3) is 0.407. The molecule has 1 saturated heterocycles. The fourth-order valence-electron chi connectivity index (χ4n) is 5.21. The molecule has 0 N–H and O–H groups in total. The molecular formula is C27H33FN6O2S. The van der Waals surface area contributed by atoms with Crippen LogP contribution in [0, 0.1) is 25.6 Å². The maximum absolute atomic E-state index is 13.6. The van der Waals surface area contributed by atoms with Crippen LogP contribution in [0.3, 0.4) is 0 Å². The summed E-state index contributed by atoms with van der Waals surface area (Å²) in [5.41, 5.74) is 4.50. The zero-order valence-corrected chi connectivity index (χ0v) is 22.7. The number of hydrogen-bond acceptors (Lipinski definition) is 5. The first-order valence-electron chi connectivity index (χ1n) is 12.5. The molecule has 1 fully saturated rings. The van der Waals surface area contributed by atoms with Crippen molar-refractivity contribution in [1.82, 2.24) is 28.8 Å². The van der Waals surface area contributed by atoms with Crippen molar-refractivity contribution in [2.24, 2.45) is 13.0 Å². The maximum Gasteiger partial charge on any atom is 0.246 e. The summed E-state index contributed by atoms with van der Waals surface area (Å²) in [6, 6.07) is 10.4. The molecule has 3 heterocycles. The SMILES string of the molecule is Cc1cc2c(cnn2-c2ccc(F)cc2)cc1C1CN(S(=O)(=O)c2cnn(C)c2C)CCN1CC(C)C. The fourth-order valence-corrected chi connectivity index (χ4v) is 6.83. The van der Waals surface area contributed by atoms with Crippen LogP contribution in [0.4, 0.5) is 4.39 Å². The number of fused-ring (bicyclic) bond motifs is 1. The van der Waals surface area contributed by atoms with E-state index in [0.29, 0.717) is 31.2 Å². The van der Waals surface area contributed by atoms with Gasteiger partial charge in [-0.15, -0.1) is 0 Å². The van der Waals surface area contributed by atoms with E-state index in [1.807, 2.05) is 6.20 Å². The quantitative estimate of drug-likeness (QED) is 0.378. The minimum atomic E-state index is -3.68. The van der Waals surface area contributed by atoms with Crippen molar-refractivity contribution in [2.45, 2.75) is 38.6 Å². The Morgan fingerprint density at radius 3 is 2.43 bits per heavy atom. The summed E-state index contributed by atoms with van der Waals surface area (Å²) in [6.45, 7) is 10.5. The first kappa shape index (κ1) is 25.6. The van der Waals surface area contributed by atoms with Crippen LogP contribution in [0.25, 0.3) is 16.6 Å². The molecule has 0 radical (unpaired) electrons. The van der Waals surface area contributed by atoms with E-state index in [-0.39, 0.29) is 16.8 Å². The molecule has 1 atom stereocenters. The molecule has 196 valence electrons. The third-order valence-electron chi connectivity index (χ3n) is 7.25. The maximum atomic E-state index is 13.6. The molecule has 37 heavy (non-hydrogen) atoms. The van der Waals surface area contributed by atoms with E-state index in [4.69, 9.17) is 0 Å². The average molecular weight is 525 g/mol. The minimum absolute atomic E-state index is 0.0959. The van der Waals surface area contributed by atoms with Crippen LogP contribution in [0.2, 0.25) is 0 Å². The molecule has 0 aliphatic carbocycles. The van der Waals surface area contributed by atoms with Gasteiger partial charge in [0.1, 0.15) is 10.7 Å². The van der Waals surface area contributed by atoms with Crippen molar-refractivity contribution in [2.75, 3.05) is 26.2 Å². The van der Waals surface area contributed by atoms with Gasteiger partial charge in [-0.2, -0.15) is 14.5 Å². The number of hydrogen-bond donors (Lipinski definition) is 0. The summed E-state index contributed by atoms with van der Waals surface area (Å²) < 4.78 is 45.7. The molecule has 0 bridgehead atoms. The van der Waals surface area contributed by atoms with Crippen LogP contribution in [-0.2, 0) is 17.1 Å². The van der Waals surface area contributed by atoms with Crippen molar-refractivity contribution in [3.63, 3.8) is 0 Å². The van der Waals surface area contributed by atoms with Crippen molar-refractivity contribution < 1.29 is 12.8 Å². The Morgan fingerprint density at radius 1 is 1.05 bits per heavy atom. The van der Waals surface area contributed by atoms with Gasteiger partial charge in [0.15, 0.2) is 0 Å². The number of rotatable bonds is 6. The lowest BCUT2D eigenvalue weighted by atomic mass is 9.96. The van der Waals surface area contributed by atoms with Crippen LogP contribution >= 0.6 is 0 Å². The average Bonchev–Trinajstić information content (AvgIpc) is 3.41. The number of aryl methyl sites for hydroxylation is 2. The van der Waals surface area contributed by atoms with Crippen LogP contribution in [0.15, 0.2) is 53.7 Å². The Hall–Kier alpha value is -3.08. The molecule has 0 spiro atoms. The van der Waals surface area contributed by atoms with Gasteiger partial charge in [0, 0.05) is 44.7 Å². The van der Waals surface area contributed by atoms with Crippen LogP contribution in [-0.4, -0.2) is 63.4 Å². The second-order valence-corrected chi connectivity index (χ2v) is 12.2. The predicted octanol–water partition coefficient (Wildman–Crippen LogP) is 4.22. The van der Waals surface area contributed by atoms with E-state index in [1.165, 1.54) is 18.3 Å². The monoisotopic (exact) mass is 524 g/mol. The zero-order chi connectivity index (χ0) is 26.5. The second-order valence-electron chi connectivity index (χ2n) is 10.3. The largest absolute Gasteiger partial charge is 0.293 e. The third-order valence-corrected chi connectivity index (χ3v) is 9.22. The Morgan fingerprint density at radius 2 is 1.78 bits per heavy atom. The molecule has 0 amide bonds. The highest BCUT2D eigenvalue weighted by atomic mass is 32.2. The summed E-state index contributed by atoms with van der Waals surface area (Å²) in [7, 11) is -1.93. The summed E-state index contributed by atoms with van der Waals surface area (Å²) in [5, 5.41) is 9.68. The van der Waals surface area contributed by atoms with E-state index in [1.54, 1.807) is 39.8 Å². The van der Waals surface area contributed by atoms with Gasteiger partial charge in [0.05, 0.1) is 29.3 Å². The number of halogens is 1. The van der Waals surface area contributed by atoms with Crippen molar-refractivity contribution in [3.8, 4) is 5.69 Å². The van der Waals surface area contributed by atoms with E-state index < -0.39 is 10.0 Å². The predicted molar refractivity (Wildman–Crippen MR) is 142 cm³/mol. The molecule has 4 aromatic rings. The van der Waals surface area contributed by atoms with Gasteiger partial charge in [-0.05, 0) is 67.3 Å². The molecule has 1 aliphatic heterocycles. The van der Waals surface area contributed by atoms with Crippen LogP contribution < -0.4 is 0 Å². The van der Waals surface area contributed by atoms with Gasteiger partial charge in [-0.25, -0.2) is 17.5 Å². The van der Waals surface area contributed by atoms with Gasteiger partial charge in [0.25, 0.3) is 0 Å². The van der Waals surface area contributed by atoms with Gasteiger partial charge in [-0.1, -0.05) is 13.8 Å². The molecule has 1 aliphatic rings. The van der Waals surface area contributed by atoms with Gasteiger partial charge >= 0.3 is 0 Å². The number of benzene rings is 2. The zero-order valence-electron chi connectivity index (χ0n) is 21.9. The summed E-state index contributed by atoms with van der Waals surface area (Å²) in [5.74, 6) is 0.152. The number of piperazine rings is 1. The Balaban J connectivity index is 1.54. The highest BCUT2D eigenvalue weighted by molar-refractivity contribution is 7.89. The lowest BCUT2D eigenvalue weighted by molar-refractivity contribution is 0.105. The molecule has 2 aromatic carbocycles. The molecular weight excluding hydrogens is 491 g/mol. The Kier molecular flexibility index (Phi) is 6.68. The summed E-state index contributed by atoms with van der Waals surface area (Å²) >= 11 is 0. The highest BCUT2D eigenvalue weighted by Gasteiger charge is 2.37. The van der Waals surface area contributed by atoms with E-state index in [2.05, 4.69) is 48.0 Å². The molecule has 5 rings (SSSR count). The minimum Gasteiger partial charge on any atom is -0.293 e. The summed E-state index contributed by atoms with van der Waals surface area (Å²) in [4.78, 5) is 2.66. The van der Waals surface area contributed by atoms with E-state index in [9.17, 15) is 12.8 Å². The number of aromatic nitrogens is 4. The summed E-state index contributed by atoms with van der Waals surface area (Å²) in [6.07, 6.45) is 3.26. The van der Waals surface area contributed by atoms with Crippen LogP contribution in [0.5, 0.6) is 0 Å². The standard InChI is InChI=1S/C27H33FN6O2S/c1-18(2)16-32-10-11-33(37(35,36)27-15-29-31(5)20(27)4)17-26(32)24-13-21-14-30-34(25(21)12-19(24)3)23-8-6-22(28)7-9-23/h6-9,12-15,18,26H,10-11,16-17H2,1-5H3. The molecule has 8 nitrogen and oxygen atoms in total. The lowest BCUT2D eigenvalue weighted by Crippen LogP contribution is -2.51. The Labute approximate surface area is 217 Å². The highest BCUT2D eigenvalue weighted by Crippen LogP contribution is 2.34. The van der Waals surface area contributed by atoms with E-state index in [0.717, 1.165) is 34.3 Å². The van der Waals surface area contributed by atoms with Crippen molar-refractivity contribution in [1.29, 1.82) is 0 Å². The first-order chi connectivity index (χ1) is 17.6. The smallest absolute Gasteiger partial charge is 0.246 e. The van der Waals surface area contributed by atoms with Crippen molar-refractivity contribution in [3.05, 3.63) is 71.4 Å². The normalized spacial score (nSPS) is 17.8. The second kappa shape index (κ2) is 9.66. The number of nitrogens with zero attached hydrogens (tertiary/aromatic N) is 6. The van der Waals surface area contributed by atoms with Gasteiger partial charge in [-0.3, -0.25) is 9.58 Å². The molecule has 1 unspecified atom stereocenters. The Bertz CT molecular complexity index is 1540. The third kappa shape index (κ3) is 4.69. The molecule has 10 heteroatoms. The topological polar surface area (TPSA) is 76.3 Å². The van der Waals surface area contributed by atoms with E-state index >= 15 is 0 Å². The van der Waals surface area contributed by atoms with Gasteiger partial charge < -0.3 is 0 Å². The number of sulfonamides is 1. The van der Waals surface area contributed by atoms with Gasteiger partial charge in [0.2, 0.25) is 10.0 Å². The first-order valence-corrected chi connectivity index (χ1v) is 14.0. The van der Waals surface area contributed by atoms with Crippen LogP contribution in [0.1, 0.15) is 36.7 Å².